The van der Waals surface area contributed by atoms with Crippen LogP contribution < -0.4 is 5.32 Å². The van der Waals surface area contributed by atoms with Crippen LogP contribution in [0, 0.1) is 0 Å². The summed E-state index contributed by atoms with van der Waals surface area (Å²) in [5.74, 6) is -1.72. The van der Waals surface area contributed by atoms with Crippen molar-refractivity contribution in [3.63, 3.8) is 0 Å². The topological polar surface area (TPSA) is 29.1 Å². The zero-order valence-corrected chi connectivity index (χ0v) is 8.34. The maximum atomic E-state index is 12.3. The highest BCUT2D eigenvalue weighted by atomic mass is 19.4. The van der Waals surface area contributed by atoms with E-state index in [-0.39, 0.29) is 0 Å². The number of benzene rings is 1. The highest BCUT2D eigenvalue weighted by molar-refractivity contribution is 5.90. The lowest BCUT2D eigenvalue weighted by Gasteiger charge is -2.26. The van der Waals surface area contributed by atoms with Crippen molar-refractivity contribution in [2.45, 2.75) is 18.6 Å². The van der Waals surface area contributed by atoms with Crippen LogP contribution in [0.25, 0.3) is 0 Å². The maximum Gasteiger partial charge on any atom is 0.452 e. The Morgan fingerprint density at radius 1 is 1.31 bits per heavy atom. The van der Waals surface area contributed by atoms with Gasteiger partial charge < -0.3 is 5.32 Å². The molecule has 1 atom stereocenters. The van der Waals surface area contributed by atoms with Crippen molar-refractivity contribution in [1.29, 1.82) is 0 Å². The van der Waals surface area contributed by atoms with Gasteiger partial charge in [-0.3, -0.25) is 4.79 Å². The predicted octanol–water partition coefficient (Wildman–Crippen LogP) is 2.00. The third-order valence-corrected chi connectivity index (χ3v) is 2.65. The molecule has 1 aliphatic heterocycles. The van der Waals surface area contributed by atoms with E-state index in [4.69, 9.17) is 0 Å². The monoisotopic (exact) mass is 229 g/mol. The lowest BCUT2D eigenvalue weighted by molar-refractivity contribution is -0.173. The molecule has 16 heavy (non-hydrogen) atoms. The number of ketones is 1. The summed E-state index contributed by atoms with van der Waals surface area (Å²) in [4.78, 5) is 11.2. The van der Waals surface area contributed by atoms with Crippen molar-refractivity contribution in [2.75, 3.05) is 6.54 Å². The first kappa shape index (κ1) is 11.1. The minimum absolute atomic E-state index is 0.392. The summed E-state index contributed by atoms with van der Waals surface area (Å²) < 4.78 is 37.0. The van der Waals surface area contributed by atoms with Gasteiger partial charge in [0.1, 0.15) is 6.04 Å². The number of carbonyl (C=O) groups is 1. The van der Waals surface area contributed by atoms with Gasteiger partial charge in [0.05, 0.1) is 0 Å². The summed E-state index contributed by atoms with van der Waals surface area (Å²) in [6.07, 6.45) is -4.14. The van der Waals surface area contributed by atoms with E-state index in [2.05, 4.69) is 5.32 Å². The second kappa shape index (κ2) is 3.90. The molecule has 1 aliphatic rings. The molecule has 0 aromatic heterocycles. The second-order valence-corrected chi connectivity index (χ2v) is 3.70. The van der Waals surface area contributed by atoms with Crippen LogP contribution in [-0.4, -0.2) is 18.5 Å². The Morgan fingerprint density at radius 3 is 2.69 bits per heavy atom. The lowest BCUT2D eigenvalue weighted by atomic mass is 9.92. The summed E-state index contributed by atoms with van der Waals surface area (Å²) in [7, 11) is 0. The Bertz CT molecular complexity index is 414. The number of rotatable bonds is 1. The van der Waals surface area contributed by atoms with Crippen molar-refractivity contribution < 1.29 is 18.0 Å². The summed E-state index contributed by atoms with van der Waals surface area (Å²) in [6.45, 7) is 0.392. The molecule has 0 amide bonds. The molecule has 1 unspecified atom stereocenters. The van der Waals surface area contributed by atoms with Gasteiger partial charge in [0, 0.05) is 6.54 Å². The smallest absolute Gasteiger partial charge is 0.303 e. The molecular formula is C11H10F3NO. The third-order valence-electron chi connectivity index (χ3n) is 2.65. The number of fused-ring (bicyclic) bond motifs is 1. The molecule has 2 rings (SSSR count). The number of hydrogen-bond acceptors (Lipinski definition) is 2. The largest absolute Gasteiger partial charge is 0.452 e. The Morgan fingerprint density at radius 2 is 2.00 bits per heavy atom. The normalized spacial score (nSPS) is 20.3. The van der Waals surface area contributed by atoms with Crippen molar-refractivity contribution in [2.24, 2.45) is 0 Å². The standard InChI is InChI=1S/C11H10F3NO/c12-11(13,14)10(16)9-8-4-2-1-3-7(8)5-6-15-9/h1-4,9,15H,5-6H2. The molecule has 0 radical (unpaired) electrons. The van der Waals surface area contributed by atoms with Gasteiger partial charge in [-0.05, 0) is 17.5 Å². The zero-order chi connectivity index (χ0) is 11.8. The van der Waals surface area contributed by atoms with Gasteiger partial charge in [-0.2, -0.15) is 13.2 Å². The van der Waals surface area contributed by atoms with Gasteiger partial charge >= 0.3 is 6.18 Å². The van der Waals surface area contributed by atoms with E-state index in [1.165, 1.54) is 0 Å². The first-order valence-electron chi connectivity index (χ1n) is 4.92. The predicted molar refractivity (Wildman–Crippen MR) is 52.0 cm³/mol. The maximum absolute atomic E-state index is 12.3. The molecule has 86 valence electrons. The SMILES string of the molecule is O=C(C1NCCc2ccccc21)C(F)(F)F. The first-order chi connectivity index (χ1) is 7.50. The zero-order valence-electron chi connectivity index (χ0n) is 8.34. The molecule has 1 aromatic rings. The molecule has 1 aromatic carbocycles. The fraction of sp³-hybridized carbons (Fsp3) is 0.364. The Hall–Kier alpha value is -1.36. The number of hydrogen-bond donors (Lipinski definition) is 1. The molecular weight excluding hydrogens is 219 g/mol. The summed E-state index contributed by atoms with van der Waals surface area (Å²) in [5, 5.41) is 2.61. The van der Waals surface area contributed by atoms with Crippen LogP contribution >= 0.6 is 0 Å². The molecule has 1 N–H and O–H groups in total. The Balaban J connectivity index is 2.36. The van der Waals surface area contributed by atoms with E-state index >= 15 is 0 Å². The minimum atomic E-state index is -4.79. The Labute approximate surface area is 90.5 Å². The fourth-order valence-corrected chi connectivity index (χ4v) is 1.90. The molecule has 0 fully saturated rings. The fourth-order valence-electron chi connectivity index (χ4n) is 1.90. The molecule has 0 aliphatic carbocycles. The molecule has 1 heterocycles. The number of carbonyl (C=O) groups excluding carboxylic acids is 1. The summed E-state index contributed by atoms with van der Waals surface area (Å²) in [6, 6.07) is 5.48. The van der Waals surface area contributed by atoms with Gasteiger partial charge in [-0.15, -0.1) is 0 Å². The van der Waals surface area contributed by atoms with Gasteiger partial charge in [0.2, 0.25) is 0 Å². The minimum Gasteiger partial charge on any atom is -0.303 e. The van der Waals surface area contributed by atoms with Crippen molar-refractivity contribution in [1.82, 2.24) is 5.32 Å². The van der Waals surface area contributed by atoms with Crippen LogP contribution in [0.15, 0.2) is 24.3 Å². The first-order valence-corrected chi connectivity index (χ1v) is 4.92. The lowest BCUT2D eigenvalue weighted by Crippen LogP contribution is -2.41. The van der Waals surface area contributed by atoms with Crippen LogP contribution in [-0.2, 0) is 11.2 Å². The third kappa shape index (κ3) is 1.95. The van der Waals surface area contributed by atoms with Crippen molar-refractivity contribution in [3.05, 3.63) is 35.4 Å². The number of halogens is 3. The van der Waals surface area contributed by atoms with E-state index in [1.807, 2.05) is 0 Å². The van der Waals surface area contributed by atoms with E-state index in [9.17, 15) is 18.0 Å². The molecule has 0 saturated heterocycles. The van der Waals surface area contributed by atoms with Crippen LogP contribution in [0.2, 0.25) is 0 Å². The molecule has 0 bridgehead atoms. The summed E-state index contributed by atoms with van der Waals surface area (Å²) >= 11 is 0. The Kier molecular flexibility index (Phi) is 2.71. The molecule has 2 nitrogen and oxygen atoms in total. The van der Waals surface area contributed by atoms with Gasteiger partial charge in [0.15, 0.2) is 0 Å². The van der Waals surface area contributed by atoms with Crippen LogP contribution in [0.4, 0.5) is 13.2 Å². The highest BCUT2D eigenvalue weighted by Gasteiger charge is 2.44. The van der Waals surface area contributed by atoms with Crippen LogP contribution in [0.1, 0.15) is 17.2 Å². The van der Waals surface area contributed by atoms with E-state index in [0.717, 1.165) is 5.56 Å². The van der Waals surface area contributed by atoms with Gasteiger partial charge in [-0.1, -0.05) is 24.3 Å². The summed E-state index contributed by atoms with van der Waals surface area (Å²) in [5.41, 5.74) is 1.25. The molecule has 5 heteroatoms. The molecule has 0 spiro atoms. The number of nitrogens with one attached hydrogen (secondary N) is 1. The molecule has 0 saturated carbocycles. The quantitative estimate of drug-likeness (QED) is 0.798. The van der Waals surface area contributed by atoms with Crippen molar-refractivity contribution >= 4 is 5.78 Å². The number of Topliss-reactive ketones (excluding diaryl/α,β-unsaturated/α-hetero) is 1. The second-order valence-electron chi connectivity index (χ2n) is 3.70. The highest BCUT2D eigenvalue weighted by Crippen LogP contribution is 2.29. The van der Waals surface area contributed by atoms with Gasteiger partial charge in [-0.25, -0.2) is 0 Å². The van der Waals surface area contributed by atoms with Crippen molar-refractivity contribution in [3.8, 4) is 0 Å². The van der Waals surface area contributed by atoms with E-state index in [0.29, 0.717) is 18.5 Å². The van der Waals surface area contributed by atoms with E-state index < -0.39 is 18.0 Å². The van der Waals surface area contributed by atoms with Crippen LogP contribution in [0.3, 0.4) is 0 Å². The van der Waals surface area contributed by atoms with E-state index in [1.54, 1.807) is 24.3 Å². The van der Waals surface area contributed by atoms with Crippen LogP contribution in [0.5, 0.6) is 0 Å². The average molecular weight is 229 g/mol. The average Bonchev–Trinajstić information content (AvgIpc) is 2.26. The number of alkyl halides is 3. The van der Waals surface area contributed by atoms with Gasteiger partial charge in [0.25, 0.3) is 5.78 Å².